The predicted octanol–water partition coefficient (Wildman–Crippen LogP) is 3.44. The summed E-state index contributed by atoms with van der Waals surface area (Å²) in [6.45, 7) is 1.67. The van der Waals surface area contributed by atoms with E-state index in [1.807, 2.05) is 6.92 Å². The summed E-state index contributed by atoms with van der Waals surface area (Å²) < 4.78 is 34.6. The van der Waals surface area contributed by atoms with Crippen LogP contribution in [0.5, 0.6) is 5.75 Å². The maximum atomic E-state index is 13.5. The summed E-state index contributed by atoms with van der Waals surface area (Å²) in [4.78, 5) is 12.1. The highest BCUT2D eigenvalue weighted by Gasteiger charge is 2.20. The minimum atomic E-state index is -2.74. The number of rotatable bonds is 5. The topological polar surface area (TPSA) is 61.9 Å². The van der Waals surface area contributed by atoms with E-state index in [1.54, 1.807) is 18.2 Å². The highest BCUT2D eigenvalue weighted by atomic mass is 35.5. The van der Waals surface area contributed by atoms with Crippen LogP contribution in [0.4, 0.5) is 8.78 Å². The second kappa shape index (κ2) is 7.25. The second-order valence-electron chi connectivity index (χ2n) is 5.67. The van der Waals surface area contributed by atoms with Gasteiger partial charge in [0, 0.05) is 18.2 Å². The average molecular weight is 381 g/mol. The normalized spacial score (nSPS) is 11.2. The fourth-order valence-corrected chi connectivity index (χ4v) is 2.78. The third kappa shape index (κ3) is 3.45. The number of benzene rings is 2. The van der Waals surface area contributed by atoms with Crippen molar-refractivity contribution in [1.29, 1.82) is 0 Å². The van der Waals surface area contributed by atoms with E-state index in [0.717, 1.165) is 14.9 Å². The van der Waals surface area contributed by atoms with E-state index < -0.39 is 12.1 Å². The molecule has 0 saturated carbocycles. The molecule has 136 valence electrons. The van der Waals surface area contributed by atoms with Crippen LogP contribution in [-0.2, 0) is 13.7 Å². The number of halogens is 3. The largest absolute Gasteiger partial charge is 0.487 e. The van der Waals surface area contributed by atoms with Gasteiger partial charge < -0.3 is 4.74 Å². The predicted molar refractivity (Wildman–Crippen MR) is 92.1 cm³/mol. The lowest BCUT2D eigenvalue weighted by Gasteiger charge is -2.15. The monoisotopic (exact) mass is 380 g/mol. The molecule has 0 atom stereocenters. The lowest BCUT2D eigenvalue weighted by atomic mass is 10.1. The average Bonchev–Trinajstić information content (AvgIpc) is 2.93. The van der Waals surface area contributed by atoms with E-state index in [0.29, 0.717) is 10.8 Å². The summed E-state index contributed by atoms with van der Waals surface area (Å²) in [5, 5.41) is 7.71. The highest BCUT2D eigenvalue weighted by Crippen LogP contribution is 2.30. The van der Waals surface area contributed by atoms with Gasteiger partial charge in [-0.1, -0.05) is 29.8 Å². The SMILES string of the molecule is Cc1ccc(OCc2c(C(F)F)cccc2-n2nnn(C)c2=O)c(Cl)c1. The van der Waals surface area contributed by atoms with Crippen molar-refractivity contribution in [2.75, 3.05) is 0 Å². The van der Waals surface area contributed by atoms with E-state index in [4.69, 9.17) is 16.3 Å². The summed E-state index contributed by atoms with van der Waals surface area (Å²) in [5.41, 5.74) is 0.474. The van der Waals surface area contributed by atoms with Crippen molar-refractivity contribution in [2.45, 2.75) is 20.0 Å². The van der Waals surface area contributed by atoms with Gasteiger partial charge in [0.15, 0.2) is 0 Å². The molecule has 0 unspecified atom stereocenters. The van der Waals surface area contributed by atoms with Gasteiger partial charge in [0.25, 0.3) is 6.43 Å². The van der Waals surface area contributed by atoms with Crippen molar-refractivity contribution in [3.8, 4) is 11.4 Å². The van der Waals surface area contributed by atoms with Gasteiger partial charge in [-0.25, -0.2) is 13.6 Å². The number of hydrogen-bond donors (Lipinski definition) is 0. The second-order valence-corrected chi connectivity index (χ2v) is 6.07. The number of aromatic nitrogens is 4. The molecule has 1 heterocycles. The number of nitrogens with zero attached hydrogens (tertiary/aromatic N) is 4. The Kier molecular flexibility index (Phi) is 5.03. The first kappa shape index (κ1) is 18.1. The van der Waals surface area contributed by atoms with Crippen LogP contribution in [0.2, 0.25) is 5.02 Å². The fourth-order valence-electron chi connectivity index (χ4n) is 2.49. The molecule has 0 radical (unpaired) electrons. The first-order valence-electron chi connectivity index (χ1n) is 7.66. The number of hydrogen-bond acceptors (Lipinski definition) is 4. The molecule has 0 N–H and O–H groups in total. The molecule has 2 aromatic carbocycles. The van der Waals surface area contributed by atoms with Gasteiger partial charge in [-0.3, -0.25) is 0 Å². The van der Waals surface area contributed by atoms with E-state index in [1.165, 1.54) is 25.2 Å². The molecule has 0 bridgehead atoms. The van der Waals surface area contributed by atoms with Gasteiger partial charge in [-0.05, 0) is 41.1 Å². The quantitative estimate of drug-likeness (QED) is 0.680. The van der Waals surface area contributed by atoms with Crippen molar-refractivity contribution >= 4 is 11.6 Å². The Morgan fingerprint density at radius 2 is 2.00 bits per heavy atom. The maximum absolute atomic E-state index is 13.5. The van der Waals surface area contributed by atoms with Crippen molar-refractivity contribution in [2.24, 2.45) is 7.05 Å². The molecule has 26 heavy (non-hydrogen) atoms. The van der Waals surface area contributed by atoms with Crippen molar-refractivity contribution in [3.05, 3.63) is 68.6 Å². The maximum Gasteiger partial charge on any atom is 0.368 e. The summed E-state index contributed by atoms with van der Waals surface area (Å²) in [7, 11) is 1.42. The zero-order chi connectivity index (χ0) is 18.8. The minimum absolute atomic E-state index is 0.141. The van der Waals surface area contributed by atoms with Gasteiger partial charge in [0.2, 0.25) is 0 Å². The van der Waals surface area contributed by atoms with Crippen molar-refractivity contribution in [1.82, 2.24) is 19.8 Å². The van der Waals surface area contributed by atoms with Crippen LogP contribution in [0.3, 0.4) is 0 Å². The third-order valence-corrected chi connectivity index (χ3v) is 4.13. The number of ether oxygens (including phenoxy) is 1. The fraction of sp³-hybridized carbons (Fsp3) is 0.235. The number of aryl methyl sites for hydroxylation is 2. The molecular weight excluding hydrogens is 366 g/mol. The van der Waals surface area contributed by atoms with Gasteiger partial charge in [-0.2, -0.15) is 9.36 Å². The molecule has 3 rings (SSSR count). The Morgan fingerprint density at radius 1 is 1.23 bits per heavy atom. The van der Waals surface area contributed by atoms with Crippen LogP contribution in [-0.4, -0.2) is 19.8 Å². The number of tetrazole rings is 1. The number of alkyl halides is 2. The molecule has 0 aliphatic rings. The molecule has 0 aliphatic heterocycles. The Morgan fingerprint density at radius 3 is 2.62 bits per heavy atom. The van der Waals surface area contributed by atoms with Crippen LogP contribution < -0.4 is 10.4 Å². The Balaban J connectivity index is 2.04. The van der Waals surface area contributed by atoms with Gasteiger partial charge >= 0.3 is 5.69 Å². The minimum Gasteiger partial charge on any atom is -0.487 e. The molecule has 0 amide bonds. The molecule has 0 fully saturated rings. The van der Waals surface area contributed by atoms with Crippen LogP contribution in [0.1, 0.15) is 23.1 Å². The van der Waals surface area contributed by atoms with Crippen LogP contribution in [0.15, 0.2) is 41.2 Å². The van der Waals surface area contributed by atoms with Crippen LogP contribution in [0, 0.1) is 6.92 Å². The molecule has 3 aromatic rings. The summed E-state index contributed by atoms with van der Waals surface area (Å²) >= 11 is 6.13. The summed E-state index contributed by atoms with van der Waals surface area (Å²) in [6, 6.07) is 9.40. The van der Waals surface area contributed by atoms with E-state index in [2.05, 4.69) is 10.4 Å². The molecule has 1 aromatic heterocycles. The Hall–Kier alpha value is -2.74. The highest BCUT2D eigenvalue weighted by molar-refractivity contribution is 6.32. The van der Waals surface area contributed by atoms with Crippen LogP contribution >= 0.6 is 11.6 Å². The Bertz CT molecular complexity index is 1000. The van der Waals surface area contributed by atoms with E-state index >= 15 is 0 Å². The molecule has 0 saturated heterocycles. The zero-order valence-electron chi connectivity index (χ0n) is 14.0. The lowest BCUT2D eigenvalue weighted by Crippen LogP contribution is -2.23. The molecule has 0 spiro atoms. The molecule has 6 nitrogen and oxygen atoms in total. The zero-order valence-corrected chi connectivity index (χ0v) is 14.7. The van der Waals surface area contributed by atoms with E-state index in [-0.39, 0.29) is 23.4 Å². The van der Waals surface area contributed by atoms with Crippen molar-refractivity contribution < 1.29 is 13.5 Å². The van der Waals surface area contributed by atoms with Crippen LogP contribution in [0.25, 0.3) is 5.69 Å². The summed E-state index contributed by atoms with van der Waals surface area (Å²) in [5.74, 6) is 0.360. The lowest BCUT2D eigenvalue weighted by molar-refractivity contribution is 0.148. The van der Waals surface area contributed by atoms with E-state index in [9.17, 15) is 13.6 Å². The van der Waals surface area contributed by atoms with Gasteiger partial charge in [0.05, 0.1) is 10.7 Å². The molecule has 9 heteroatoms. The summed E-state index contributed by atoms with van der Waals surface area (Å²) in [6.07, 6.45) is -2.74. The molecule has 0 aliphatic carbocycles. The Labute approximate surface area is 152 Å². The smallest absolute Gasteiger partial charge is 0.368 e. The first-order chi connectivity index (χ1) is 12.4. The first-order valence-corrected chi connectivity index (χ1v) is 8.04. The standard InChI is InChI=1S/C17H15ClF2N4O2/c1-10-6-7-15(13(18)8-10)26-9-12-11(16(19)20)4-3-5-14(12)24-17(25)23(2)21-22-24/h3-8,16H,9H2,1-2H3. The van der Waals surface area contributed by atoms with Crippen molar-refractivity contribution in [3.63, 3.8) is 0 Å². The third-order valence-electron chi connectivity index (χ3n) is 3.83. The van der Waals surface area contributed by atoms with Gasteiger partial charge in [-0.15, -0.1) is 0 Å². The molecular formula is C17H15ClF2N4O2. The van der Waals surface area contributed by atoms with Gasteiger partial charge in [0.1, 0.15) is 12.4 Å².